The summed E-state index contributed by atoms with van der Waals surface area (Å²) in [6.45, 7) is 0. The van der Waals surface area contributed by atoms with Gasteiger partial charge in [-0.05, 0) is 6.07 Å². The maximum atomic E-state index is 10.8. The zero-order valence-corrected chi connectivity index (χ0v) is 8.25. The van der Waals surface area contributed by atoms with Gasteiger partial charge in [-0.3, -0.25) is 24.8 Å². The molecule has 1 rings (SSSR count). The maximum absolute atomic E-state index is 10.8. The molecule has 0 spiro atoms. The minimum absolute atomic E-state index is 0. The third-order valence-corrected chi connectivity index (χ3v) is 2.56. The van der Waals surface area contributed by atoms with E-state index in [1.165, 1.54) is 0 Å². The van der Waals surface area contributed by atoms with Crippen molar-refractivity contribution in [1.82, 2.24) is 0 Å². The fourth-order valence-electron chi connectivity index (χ4n) is 1.06. The number of hydrogen-bond donors (Lipinski definition) is 1. The molecule has 0 aliphatic carbocycles. The number of nitro benzene ring substituents is 2. The van der Waals surface area contributed by atoms with Gasteiger partial charge in [0.15, 0.2) is 0 Å². The number of nitro groups is 2. The third kappa shape index (κ3) is 3.44. The number of benzene rings is 1. The summed E-state index contributed by atoms with van der Waals surface area (Å²) in [5, 5.41) is 20.9. The second-order valence-corrected chi connectivity index (χ2v) is 3.97. The number of rotatable bonds is 3. The third-order valence-electron chi connectivity index (χ3n) is 1.62. The molecule has 0 fully saturated rings. The molecule has 0 amide bonds. The van der Waals surface area contributed by atoms with E-state index in [0.717, 1.165) is 18.2 Å². The molecular weight excluding hydrogens is 267 g/mol. The van der Waals surface area contributed by atoms with Crippen LogP contribution in [0, 0.1) is 20.2 Å². The Hall–Kier alpha value is -1.07. The van der Waals surface area contributed by atoms with Crippen LogP contribution in [0.25, 0.3) is 0 Å². The Morgan fingerprint density at radius 1 is 1.06 bits per heavy atom. The quantitative estimate of drug-likeness (QED) is 0.356. The first-order valence-corrected chi connectivity index (χ1v) is 5.08. The topological polar surface area (TPSA) is 141 Å². The van der Waals surface area contributed by atoms with Gasteiger partial charge in [-0.25, -0.2) is 0 Å². The SMILES string of the molecule is O=[N+]([O-])c1cccc([N+](=O)[O-])c1S(=O)(=O)O.[NaH]. The van der Waals surface area contributed by atoms with Crippen LogP contribution >= 0.6 is 0 Å². The van der Waals surface area contributed by atoms with Crippen molar-refractivity contribution in [2.45, 2.75) is 4.90 Å². The molecule has 0 aromatic heterocycles. The molecule has 0 atom stereocenters. The molecule has 0 aliphatic heterocycles. The van der Waals surface area contributed by atoms with Crippen molar-refractivity contribution in [3.8, 4) is 0 Å². The van der Waals surface area contributed by atoms with Crippen molar-refractivity contribution in [2.75, 3.05) is 0 Å². The molecule has 0 saturated carbocycles. The second-order valence-electron chi connectivity index (χ2n) is 2.61. The summed E-state index contributed by atoms with van der Waals surface area (Å²) in [5.41, 5.74) is -2.09. The summed E-state index contributed by atoms with van der Waals surface area (Å²) in [4.78, 5) is 17.3. The Morgan fingerprint density at radius 2 is 1.41 bits per heavy atom. The molecule has 0 saturated heterocycles. The average molecular weight is 272 g/mol. The van der Waals surface area contributed by atoms with Crippen molar-refractivity contribution in [3.05, 3.63) is 38.4 Å². The van der Waals surface area contributed by atoms with Gasteiger partial charge in [-0.1, -0.05) is 0 Å². The molecular formula is C6H5N2NaO7S. The van der Waals surface area contributed by atoms with E-state index in [-0.39, 0.29) is 29.6 Å². The van der Waals surface area contributed by atoms with Gasteiger partial charge in [0.1, 0.15) is 0 Å². The van der Waals surface area contributed by atoms with Crippen molar-refractivity contribution in [1.29, 1.82) is 0 Å². The van der Waals surface area contributed by atoms with Crippen LogP contribution in [0.5, 0.6) is 0 Å². The predicted molar refractivity (Wildman–Crippen MR) is 56.7 cm³/mol. The Kier molecular flexibility index (Phi) is 5.16. The van der Waals surface area contributed by atoms with Gasteiger partial charge < -0.3 is 0 Å². The fourth-order valence-corrected chi connectivity index (χ4v) is 1.88. The van der Waals surface area contributed by atoms with E-state index in [1.807, 2.05) is 0 Å². The summed E-state index contributed by atoms with van der Waals surface area (Å²) < 4.78 is 30.4. The second kappa shape index (κ2) is 5.51. The summed E-state index contributed by atoms with van der Waals surface area (Å²) in [5.74, 6) is 0. The summed E-state index contributed by atoms with van der Waals surface area (Å²) >= 11 is 0. The first-order chi connectivity index (χ1) is 7.25. The average Bonchev–Trinajstić information content (AvgIpc) is 2.15. The van der Waals surface area contributed by atoms with Gasteiger partial charge in [0.05, 0.1) is 9.85 Å². The normalized spacial score (nSPS) is 10.4. The monoisotopic (exact) mass is 272 g/mol. The van der Waals surface area contributed by atoms with Crippen molar-refractivity contribution >= 4 is 51.1 Å². The van der Waals surface area contributed by atoms with E-state index >= 15 is 0 Å². The van der Waals surface area contributed by atoms with Crippen molar-refractivity contribution in [3.63, 3.8) is 0 Å². The van der Waals surface area contributed by atoms with Gasteiger partial charge in [-0.2, -0.15) is 8.42 Å². The Labute approximate surface area is 117 Å². The molecule has 1 N–H and O–H groups in total. The zero-order valence-electron chi connectivity index (χ0n) is 7.43. The molecule has 0 bridgehead atoms. The molecule has 88 valence electrons. The molecule has 0 radical (unpaired) electrons. The van der Waals surface area contributed by atoms with E-state index in [2.05, 4.69) is 0 Å². The van der Waals surface area contributed by atoms with Gasteiger partial charge >= 0.3 is 39.7 Å². The molecule has 0 aliphatic rings. The molecule has 1 aromatic rings. The standard InChI is InChI=1S/C6H4N2O7S.Na.H/c9-7(10)4-2-1-3-5(8(11)12)6(4)16(13,14)15;;/h1-3H,(H,13,14,15);;. The Bertz CT molecular complexity index is 537. The van der Waals surface area contributed by atoms with E-state index in [1.54, 1.807) is 0 Å². The van der Waals surface area contributed by atoms with Gasteiger partial charge in [0.2, 0.25) is 4.90 Å². The first-order valence-electron chi connectivity index (χ1n) is 3.64. The summed E-state index contributed by atoms with van der Waals surface area (Å²) in [7, 11) is -5.04. The molecule has 0 heterocycles. The van der Waals surface area contributed by atoms with E-state index in [0.29, 0.717) is 0 Å². The van der Waals surface area contributed by atoms with Crippen LogP contribution in [-0.2, 0) is 10.1 Å². The van der Waals surface area contributed by atoms with Crippen LogP contribution in [0.15, 0.2) is 23.1 Å². The Balaban J connectivity index is 0.00000256. The van der Waals surface area contributed by atoms with Crippen LogP contribution in [0.2, 0.25) is 0 Å². The molecule has 1 aromatic carbocycles. The van der Waals surface area contributed by atoms with E-state index < -0.39 is 36.2 Å². The Morgan fingerprint density at radius 3 is 1.65 bits per heavy atom. The minimum atomic E-state index is -5.04. The molecule has 0 unspecified atom stereocenters. The number of nitrogens with zero attached hydrogens (tertiary/aromatic N) is 2. The predicted octanol–water partition coefficient (Wildman–Crippen LogP) is 0.101. The molecule has 11 heteroatoms. The zero-order chi connectivity index (χ0) is 12.5. The van der Waals surface area contributed by atoms with Gasteiger partial charge in [-0.15, -0.1) is 0 Å². The van der Waals surface area contributed by atoms with E-state index in [9.17, 15) is 28.6 Å². The summed E-state index contributed by atoms with van der Waals surface area (Å²) in [6, 6.07) is 2.44. The van der Waals surface area contributed by atoms with Crippen LogP contribution in [-0.4, -0.2) is 52.4 Å². The van der Waals surface area contributed by atoms with Crippen LogP contribution in [0.3, 0.4) is 0 Å². The van der Waals surface area contributed by atoms with Gasteiger partial charge in [0.25, 0.3) is 11.4 Å². The van der Waals surface area contributed by atoms with Crippen molar-refractivity contribution in [2.24, 2.45) is 0 Å². The molecule has 17 heavy (non-hydrogen) atoms. The number of hydrogen-bond acceptors (Lipinski definition) is 6. The molecule has 9 nitrogen and oxygen atoms in total. The van der Waals surface area contributed by atoms with Crippen LogP contribution < -0.4 is 0 Å². The fraction of sp³-hybridized carbons (Fsp3) is 0. The van der Waals surface area contributed by atoms with Crippen LogP contribution in [0.4, 0.5) is 11.4 Å². The van der Waals surface area contributed by atoms with E-state index in [4.69, 9.17) is 4.55 Å². The van der Waals surface area contributed by atoms with Gasteiger partial charge in [0, 0.05) is 12.1 Å². The van der Waals surface area contributed by atoms with Crippen molar-refractivity contribution < 1.29 is 22.8 Å². The first kappa shape index (κ1) is 15.9. The summed E-state index contributed by atoms with van der Waals surface area (Å²) in [6.07, 6.45) is 0. The van der Waals surface area contributed by atoms with Crippen LogP contribution in [0.1, 0.15) is 0 Å².